The second-order valence-corrected chi connectivity index (χ2v) is 7.54. The first-order valence-electron chi connectivity index (χ1n) is 9.37. The standard InChI is InChI=1S/C20H28N4O/c1-15-11-18(15)19-5-4-17(25-19)14-21-12-16-3-6-20(22-13-16)24-9-7-23(2)8-10-24/h3-6,13,15,18,21H,7-12,14H2,1-2H3/t15-,18-/m1/s1. The number of furan rings is 1. The summed E-state index contributed by atoms with van der Waals surface area (Å²) >= 11 is 0. The number of hydrogen-bond acceptors (Lipinski definition) is 5. The van der Waals surface area contributed by atoms with Crippen LogP contribution in [0.15, 0.2) is 34.9 Å². The molecule has 2 aliphatic rings. The largest absolute Gasteiger partial charge is 0.464 e. The zero-order valence-electron chi connectivity index (χ0n) is 15.2. The molecular formula is C20H28N4O. The van der Waals surface area contributed by atoms with Crippen molar-refractivity contribution in [3.63, 3.8) is 0 Å². The third-order valence-electron chi connectivity index (χ3n) is 5.42. The number of aromatic nitrogens is 1. The lowest BCUT2D eigenvalue weighted by Crippen LogP contribution is -2.44. The van der Waals surface area contributed by atoms with E-state index in [0.29, 0.717) is 5.92 Å². The second-order valence-electron chi connectivity index (χ2n) is 7.54. The Hall–Kier alpha value is -1.85. The predicted molar refractivity (Wildman–Crippen MR) is 99.7 cm³/mol. The molecule has 0 aromatic carbocycles. The Labute approximate surface area is 150 Å². The van der Waals surface area contributed by atoms with Crippen molar-refractivity contribution in [3.05, 3.63) is 47.5 Å². The summed E-state index contributed by atoms with van der Waals surface area (Å²) in [6.45, 7) is 8.19. The Morgan fingerprint density at radius 2 is 1.92 bits per heavy atom. The monoisotopic (exact) mass is 340 g/mol. The Morgan fingerprint density at radius 3 is 2.60 bits per heavy atom. The van der Waals surface area contributed by atoms with Gasteiger partial charge in [-0.3, -0.25) is 0 Å². The van der Waals surface area contributed by atoms with Crippen LogP contribution in [-0.2, 0) is 13.1 Å². The van der Waals surface area contributed by atoms with E-state index in [9.17, 15) is 0 Å². The van der Waals surface area contributed by atoms with Crippen LogP contribution in [0.3, 0.4) is 0 Å². The van der Waals surface area contributed by atoms with Crippen molar-refractivity contribution in [2.24, 2.45) is 5.92 Å². The van der Waals surface area contributed by atoms with Gasteiger partial charge < -0.3 is 19.5 Å². The molecule has 2 aromatic heterocycles. The van der Waals surface area contributed by atoms with E-state index in [1.165, 1.54) is 12.0 Å². The molecule has 25 heavy (non-hydrogen) atoms. The molecule has 134 valence electrons. The molecule has 4 rings (SSSR count). The van der Waals surface area contributed by atoms with Gasteiger partial charge >= 0.3 is 0 Å². The van der Waals surface area contributed by atoms with Crippen LogP contribution < -0.4 is 10.2 Å². The molecule has 5 nitrogen and oxygen atoms in total. The number of pyridine rings is 1. The molecule has 1 N–H and O–H groups in total. The molecule has 1 saturated heterocycles. The zero-order chi connectivity index (χ0) is 17.2. The minimum Gasteiger partial charge on any atom is -0.464 e. The summed E-state index contributed by atoms with van der Waals surface area (Å²) in [5.74, 6) is 4.71. The number of likely N-dealkylation sites (N-methyl/N-ethyl adjacent to an activating group) is 1. The molecule has 5 heteroatoms. The third kappa shape index (κ3) is 4.05. The summed E-state index contributed by atoms with van der Waals surface area (Å²) in [7, 11) is 2.17. The summed E-state index contributed by atoms with van der Waals surface area (Å²) in [5, 5.41) is 3.45. The molecule has 0 spiro atoms. The van der Waals surface area contributed by atoms with Gasteiger partial charge in [0.1, 0.15) is 17.3 Å². The van der Waals surface area contributed by atoms with Crippen molar-refractivity contribution in [2.75, 3.05) is 38.1 Å². The quantitative estimate of drug-likeness (QED) is 0.876. The van der Waals surface area contributed by atoms with Crippen LogP contribution in [0.2, 0.25) is 0 Å². The number of nitrogens with one attached hydrogen (secondary N) is 1. The van der Waals surface area contributed by atoms with Gasteiger partial charge in [-0.15, -0.1) is 0 Å². The van der Waals surface area contributed by atoms with Gasteiger partial charge in [0, 0.05) is 44.8 Å². The van der Waals surface area contributed by atoms with Gasteiger partial charge in [0.25, 0.3) is 0 Å². The van der Waals surface area contributed by atoms with Crippen molar-refractivity contribution < 1.29 is 4.42 Å². The van der Waals surface area contributed by atoms with Crippen molar-refractivity contribution in [2.45, 2.75) is 32.4 Å². The SMILES string of the molecule is C[C@@H]1C[C@H]1c1ccc(CNCc2ccc(N3CCN(C)CC3)nc2)o1. The van der Waals surface area contributed by atoms with E-state index in [1.807, 2.05) is 6.20 Å². The minimum atomic E-state index is 0.653. The topological polar surface area (TPSA) is 44.5 Å². The van der Waals surface area contributed by atoms with Gasteiger partial charge in [0.05, 0.1) is 6.54 Å². The van der Waals surface area contributed by atoms with E-state index in [1.54, 1.807) is 0 Å². The third-order valence-corrected chi connectivity index (χ3v) is 5.42. The van der Waals surface area contributed by atoms with Gasteiger partial charge in [-0.2, -0.15) is 0 Å². The molecule has 2 fully saturated rings. The average Bonchev–Trinajstić information content (AvgIpc) is 3.17. The molecule has 0 bridgehead atoms. The first-order chi connectivity index (χ1) is 12.2. The molecule has 3 heterocycles. The van der Waals surface area contributed by atoms with E-state index < -0.39 is 0 Å². The summed E-state index contributed by atoms with van der Waals surface area (Å²) in [5.41, 5.74) is 1.21. The number of piperazine rings is 1. The van der Waals surface area contributed by atoms with Gasteiger partial charge in [-0.25, -0.2) is 4.98 Å². The highest BCUT2D eigenvalue weighted by Gasteiger charge is 2.36. The Kier molecular flexibility index (Phi) is 4.77. The van der Waals surface area contributed by atoms with Gasteiger partial charge in [-0.1, -0.05) is 13.0 Å². The van der Waals surface area contributed by atoms with E-state index in [2.05, 4.69) is 58.3 Å². The summed E-state index contributed by atoms with van der Waals surface area (Å²) in [6.07, 6.45) is 3.26. The molecule has 1 aliphatic heterocycles. The fourth-order valence-electron chi connectivity index (χ4n) is 3.48. The van der Waals surface area contributed by atoms with Crippen LogP contribution in [0, 0.1) is 5.92 Å². The lowest BCUT2D eigenvalue weighted by molar-refractivity contribution is 0.312. The van der Waals surface area contributed by atoms with E-state index in [0.717, 1.165) is 62.5 Å². The normalized spacial score (nSPS) is 23.8. The van der Waals surface area contributed by atoms with Crippen LogP contribution in [0.25, 0.3) is 0 Å². The molecule has 1 aliphatic carbocycles. The summed E-state index contributed by atoms with van der Waals surface area (Å²) in [6, 6.07) is 8.55. The first-order valence-corrected chi connectivity index (χ1v) is 9.37. The Morgan fingerprint density at radius 1 is 1.12 bits per heavy atom. The maximum absolute atomic E-state index is 5.93. The summed E-state index contributed by atoms with van der Waals surface area (Å²) < 4.78 is 5.93. The van der Waals surface area contributed by atoms with Gasteiger partial charge in [0.15, 0.2) is 0 Å². The van der Waals surface area contributed by atoms with E-state index in [-0.39, 0.29) is 0 Å². The molecule has 2 aromatic rings. The molecule has 0 unspecified atom stereocenters. The Balaban J connectivity index is 1.25. The molecule has 0 radical (unpaired) electrons. The van der Waals surface area contributed by atoms with Crippen molar-refractivity contribution >= 4 is 5.82 Å². The Bertz CT molecular complexity index is 688. The van der Waals surface area contributed by atoms with Gasteiger partial charge in [0.2, 0.25) is 0 Å². The number of rotatable bonds is 6. The fraction of sp³-hybridized carbons (Fsp3) is 0.550. The maximum atomic E-state index is 5.93. The van der Waals surface area contributed by atoms with Gasteiger partial charge in [-0.05, 0) is 43.1 Å². The maximum Gasteiger partial charge on any atom is 0.128 e. The molecular weight excluding hydrogens is 312 g/mol. The fourth-order valence-corrected chi connectivity index (χ4v) is 3.48. The molecule has 1 saturated carbocycles. The van der Waals surface area contributed by atoms with Crippen molar-refractivity contribution in [1.82, 2.24) is 15.2 Å². The minimum absolute atomic E-state index is 0.653. The van der Waals surface area contributed by atoms with Crippen molar-refractivity contribution in [1.29, 1.82) is 0 Å². The zero-order valence-corrected chi connectivity index (χ0v) is 15.2. The van der Waals surface area contributed by atoms with Crippen LogP contribution in [0.1, 0.15) is 36.3 Å². The van der Waals surface area contributed by atoms with E-state index in [4.69, 9.17) is 4.42 Å². The smallest absolute Gasteiger partial charge is 0.128 e. The average molecular weight is 340 g/mol. The van der Waals surface area contributed by atoms with Crippen LogP contribution in [0.5, 0.6) is 0 Å². The highest BCUT2D eigenvalue weighted by atomic mass is 16.3. The lowest BCUT2D eigenvalue weighted by atomic mass is 10.2. The summed E-state index contributed by atoms with van der Waals surface area (Å²) in [4.78, 5) is 9.36. The van der Waals surface area contributed by atoms with Crippen LogP contribution in [-0.4, -0.2) is 43.1 Å². The number of hydrogen-bond donors (Lipinski definition) is 1. The molecule has 0 amide bonds. The highest BCUT2D eigenvalue weighted by molar-refractivity contribution is 5.39. The first kappa shape index (κ1) is 16.6. The van der Waals surface area contributed by atoms with E-state index >= 15 is 0 Å². The number of nitrogens with zero attached hydrogens (tertiary/aromatic N) is 3. The van der Waals surface area contributed by atoms with Crippen LogP contribution >= 0.6 is 0 Å². The lowest BCUT2D eigenvalue weighted by Gasteiger charge is -2.33. The second kappa shape index (κ2) is 7.18. The number of anilines is 1. The van der Waals surface area contributed by atoms with Crippen LogP contribution in [0.4, 0.5) is 5.82 Å². The molecule has 2 atom stereocenters. The van der Waals surface area contributed by atoms with Crippen molar-refractivity contribution in [3.8, 4) is 0 Å². The predicted octanol–water partition coefficient (Wildman–Crippen LogP) is 2.84. The highest BCUT2D eigenvalue weighted by Crippen LogP contribution is 2.47.